The Balaban J connectivity index is 1.56. The summed E-state index contributed by atoms with van der Waals surface area (Å²) in [6.07, 6.45) is 1.04. The molecule has 0 saturated heterocycles. The zero-order chi connectivity index (χ0) is 23.7. The van der Waals surface area contributed by atoms with Crippen LogP contribution in [0.4, 0.5) is 0 Å². The minimum atomic E-state index is 0.180. The second-order valence-electron chi connectivity index (χ2n) is 9.26. The standard InChI is InChI=1S/C29H31N5/c1-19-14-20(2)16-24(15-19)29-28-26(25-10-5-6-11-27(25)31-28)12-13-34(29)18-22-8-7-9-23(17-22)21(3)32-33-30-4/h5-11,14-17,29,31,33H,4,12-13,18H2,1-3H3/b32-21+. The fourth-order valence-corrected chi connectivity index (χ4v) is 5.31. The summed E-state index contributed by atoms with van der Waals surface area (Å²) < 4.78 is 0. The van der Waals surface area contributed by atoms with E-state index in [-0.39, 0.29) is 6.04 Å². The molecule has 4 aromatic rings. The van der Waals surface area contributed by atoms with Crippen LogP contribution in [0.3, 0.4) is 0 Å². The number of aryl methyl sites for hydroxylation is 2. The summed E-state index contributed by atoms with van der Waals surface area (Å²) >= 11 is 0. The highest BCUT2D eigenvalue weighted by Crippen LogP contribution is 2.39. The van der Waals surface area contributed by atoms with Gasteiger partial charge in [-0.1, -0.05) is 65.7 Å². The van der Waals surface area contributed by atoms with Crippen LogP contribution in [0.15, 0.2) is 76.9 Å². The van der Waals surface area contributed by atoms with Gasteiger partial charge in [0, 0.05) is 36.4 Å². The van der Waals surface area contributed by atoms with E-state index in [0.717, 1.165) is 30.8 Å². The fourth-order valence-electron chi connectivity index (χ4n) is 5.31. The minimum Gasteiger partial charge on any atom is -0.357 e. The zero-order valence-corrected chi connectivity index (χ0v) is 20.1. The monoisotopic (exact) mass is 449 g/mol. The third-order valence-corrected chi connectivity index (χ3v) is 6.71. The first kappa shape index (κ1) is 22.1. The number of nitrogens with one attached hydrogen (secondary N) is 2. The average molecular weight is 450 g/mol. The van der Waals surface area contributed by atoms with E-state index in [2.05, 4.69) is 113 Å². The van der Waals surface area contributed by atoms with Crippen LogP contribution >= 0.6 is 0 Å². The second-order valence-corrected chi connectivity index (χ2v) is 9.26. The first-order valence-electron chi connectivity index (χ1n) is 11.8. The van der Waals surface area contributed by atoms with Crippen molar-refractivity contribution < 1.29 is 0 Å². The van der Waals surface area contributed by atoms with E-state index in [1.165, 1.54) is 44.4 Å². The number of fused-ring (bicyclic) bond motifs is 3. The third kappa shape index (κ3) is 4.27. The molecule has 1 aliphatic heterocycles. The molecule has 0 bridgehead atoms. The van der Waals surface area contributed by atoms with Gasteiger partial charge < -0.3 is 4.98 Å². The van der Waals surface area contributed by atoms with Crippen molar-refractivity contribution in [3.63, 3.8) is 0 Å². The lowest BCUT2D eigenvalue weighted by molar-refractivity contribution is 0.202. The molecule has 0 saturated carbocycles. The quantitative estimate of drug-likeness (QED) is 0.286. The number of benzene rings is 3. The van der Waals surface area contributed by atoms with E-state index in [0.29, 0.717) is 0 Å². The van der Waals surface area contributed by atoms with Crippen molar-refractivity contribution in [2.24, 2.45) is 10.2 Å². The van der Waals surface area contributed by atoms with Crippen molar-refractivity contribution in [2.75, 3.05) is 6.54 Å². The molecular formula is C29H31N5. The van der Waals surface area contributed by atoms with Gasteiger partial charge in [-0.05, 0) is 61.6 Å². The molecule has 2 N–H and O–H groups in total. The Bertz CT molecular complexity index is 1360. The van der Waals surface area contributed by atoms with Crippen molar-refractivity contribution in [1.82, 2.24) is 15.4 Å². The smallest absolute Gasteiger partial charge is 0.0760 e. The molecule has 0 amide bonds. The summed E-state index contributed by atoms with van der Waals surface area (Å²) in [5.41, 5.74) is 13.8. The average Bonchev–Trinajstić information content (AvgIpc) is 3.20. The van der Waals surface area contributed by atoms with Crippen LogP contribution in [0.1, 0.15) is 52.0 Å². The van der Waals surface area contributed by atoms with E-state index in [1.807, 2.05) is 6.92 Å². The van der Waals surface area contributed by atoms with Crippen molar-refractivity contribution in [3.8, 4) is 0 Å². The number of para-hydroxylation sites is 1. The van der Waals surface area contributed by atoms with Crippen molar-refractivity contribution in [2.45, 2.75) is 39.8 Å². The largest absolute Gasteiger partial charge is 0.357 e. The number of aromatic amines is 1. The van der Waals surface area contributed by atoms with Crippen LogP contribution in [0, 0.1) is 13.8 Å². The first-order valence-corrected chi connectivity index (χ1v) is 11.8. The van der Waals surface area contributed by atoms with E-state index < -0.39 is 0 Å². The van der Waals surface area contributed by atoms with Crippen LogP contribution in [0.2, 0.25) is 0 Å². The number of rotatable bonds is 6. The maximum absolute atomic E-state index is 4.26. The number of hydrogen-bond donors (Lipinski definition) is 2. The predicted octanol–water partition coefficient (Wildman–Crippen LogP) is 5.86. The number of hydrazone groups is 2. The summed E-state index contributed by atoms with van der Waals surface area (Å²) in [5, 5.41) is 9.22. The highest BCUT2D eigenvalue weighted by molar-refractivity contribution is 5.98. The maximum Gasteiger partial charge on any atom is 0.0760 e. The summed E-state index contributed by atoms with van der Waals surface area (Å²) in [7, 11) is 0. The Morgan fingerprint density at radius 2 is 1.85 bits per heavy atom. The van der Waals surface area contributed by atoms with Crippen LogP contribution < -0.4 is 5.53 Å². The lowest BCUT2D eigenvalue weighted by Crippen LogP contribution is -2.35. The van der Waals surface area contributed by atoms with Gasteiger partial charge in [-0.15, -0.1) is 0 Å². The number of aromatic nitrogens is 1. The Morgan fingerprint density at radius 1 is 1.06 bits per heavy atom. The van der Waals surface area contributed by atoms with Crippen molar-refractivity contribution in [3.05, 3.63) is 106 Å². The minimum absolute atomic E-state index is 0.180. The molecule has 5 nitrogen and oxygen atoms in total. The van der Waals surface area contributed by atoms with Crippen LogP contribution in [-0.4, -0.2) is 28.9 Å². The molecule has 0 spiro atoms. The summed E-state index contributed by atoms with van der Waals surface area (Å²) in [6.45, 7) is 11.6. The normalized spacial score (nSPS) is 16.4. The Morgan fingerprint density at radius 3 is 2.65 bits per heavy atom. The van der Waals surface area contributed by atoms with Gasteiger partial charge in [0.2, 0.25) is 0 Å². The van der Waals surface area contributed by atoms with Gasteiger partial charge in [0.15, 0.2) is 0 Å². The molecule has 1 unspecified atom stereocenters. The number of hydrogen-bond acceptors (Lipinski definition) is 4. The molecule has 1 atom stereocenters. The molecular weight excluding hydrogens is 418 g/mol. The molecule has 3 aromatic carbocycles. The first-order chi connectivity index (χ1) is 16.5. The molecule has 0 aliphatic carbocycles. The Kier molecular flexibility index (Phi) is 6.03. The van der Waals surface area contributed by atoms with E-state index in [1.54, 1.807) is 0 Å². The fraction of sp³-hybridized carbons (Fsp3) is 0.241. The van der Waals surface area contributed by atoms with E-state index in [9.17, 15) is 0 Å². The van der Waals surface area contributed by atoms with Gasteiger partial charge in [-0.3, -0.25) is 4.90 Å². The molecule has 0 fully saturated rings. The molecule has 34 heavy (non-hydrogen) atoms. The molecule has 5 rings (SSSR count). The lowest BCUT2D eigenvalue weighted by Gasteiger charge is -2.36. The highest BCUT2D eigenvalue weighted by Gasteiger charge is 2.32. The van der Waals surface area contributed by atoms with Crippen molar-refractivity contribution in [1.29, 1.82) is 0 Å². The Labute approximate surface area is 201 Å². The number of H-pyrrole nitrogens is 1. The second kappa shape index (κ2) is 9.27. The molecule has 172 valence electrons. The van der Waals surface area contributed by atoms with Crippen LogP contribution in [0.5, 0.6) is 0 Å². The van der Waals surface area contributed by atoms with Gasteiger partial charge >= 0.3 is 0 Å². The maximum atomic E-state index is 4.26. The van der Waals surface area contributed by atoms with Crippen LogP contribution in [-0.2, 0) is 13.0 Å². The molecule has 2 heterocycles. The van der Waals surface area contributed by atoms with Gasteiger partial charge in [-0.2, -0.15) is 15.7 Å². The van der Waals surface area contributed by atoms with Crippen molar-refractivity contribution >= 4 is 23.3 Å². The highest BCUT2D eigenvalue weighted by atomic mass is 15.5. The van der Waals surface area contributed by atoms with Gasteiger partial charge in [0.05, 0.1) is 11.8 Å². The van der Waals surface area contributed by atoms with Gasteiger partial charge in [0.1, 0.15) is 0 Å². The Hall–Kier alpha value is -3.70. The summed E-state index contributed by atoms with van der Waals surface area (Å²) in [6, 6.07) is 24.4. The van der Waals surface area contributed by atoms with Crippen LogP contribution in [0.25, 0.3) is 10.9 Å². The topological polar surface area (TPSA) is 55.8 Å². The predicted molar refractivity (Wildman–Crippen MR) is 142 cm³/mol. The molecule has 1 aliphatic rings. The van der Waals surface area contributed by atoms with Gasteiger partial charge in [0.25, 0.3) is 0 Å². The third-order valence-electron chi connectivity index (χ3n) is 6.71. The summed E-state index contributed by atoms with van der Waals surface area (Å²) in [4.78, 5) is 6.38. The molecule has 5 heteroatoms. The van der Waals surface area contributed by atoms with Gasteiger partial charge in [-0.25, -0.2) is 0 Å². The van der Waals surface area contributed by atoms with E-state index in [4.69, 9.17) is 0 Å². The molecule has 0 radical (unpaired) electrons. The SMILES string of the molecule is C=NN/N=C(\C)c1cccc(CN2CCc3c([nH]c4ccccc34)C2c2cc(C)cc(C)c2)c1. The number of nitrogens with zero attached hydrogens (tertiary/aromatic N) is 3. The zero-order valence-electron chi connectivity index (χ0n) is 20.1. The molecule has 1 aromatic heterocycles. The lowest BCUT2D eigenvalue weighted by atomic mass is 9.90. The summed E-state index contributed by atoms with van der Waals surface area (Å²) in [5.74, 6) is 0. The van der Waals surface area contributed by atoms with E-state index >= 15 is 0 Å².